The van der Waals surface area contributed by atoms with Crippen LogP contribution in [0.5, 0.6) is 0 Å². The summed E-state index contributed by atoms with van der Waals surface area (Å²) in [6.07, 6.45) is 2.90. The van der Waals surface area contributed by atoms with Gasteiger partial charge in [0.15, 0.2) is 10.1 Å². The number of imidazole rings is 1. The van der Waals surface area contributed by atoms with Gasteiger partial charge in [-0.3, -0.25) is 19.4 Å². The molecule has 6 nitrogen and oxygen atoms in total. The molecule has 0 aliphatic carbocycles. The second-order valence-corrected chi connectivity index (χ2v) is 10.2. The molecule has 5 aromatic rings. The number of rotatable bonds is 4. The molecule has 150 valence electrons. The van der Waals surface area contributed by atoms with Gasteiger partial charge >= 0.3 is 0 Å². The van der Waals surface area contributed by atoms with Gasteiger partial charge in [0.1, 0.15) is 4.83 Å². The number of fused-ring (bicyclic) bond motifs is 4. The van der Waals surface area contributed by atoms with Gasteiger partial charge in [0.25, 0.3) is 5.91 Å². The molecule has 5 heterocycles. The van der Waals surface area contributed by atoms with E-state index < -0.39 is 0 Å². The van der Waals surface area contributed by atoms with Crippen LogP contribution in [0.4, 0.5) is 5.13 Å². The van der Waals surface area contributed by atoms with Crippen molar-refractivity contribution in [3.8, 4) is 0 Å². The Balaban J connectivity index is 1.18. The van der Waals surface area contributed by atoms with E-state index in [2.05, 4.69) is 44.5 Å². The average molecular weight is 452 g/mol. The highest BCUT2D eigenvalue weighted by Gasteiger charge is 2.22. The summed E-state index contributed by atoms with van der Waals surface area (Å²) in [6, 6.07) is 12.4. The van der Waals surface area contributed by atoms with Crippen LogP contribution in [-0.4, -0.2) is 31.7 Å². The zero-order valence-electron chi connectivity index (χ0n) is 15.9. The molecule has 1 aliphatic rings. The second-order valence-electron chi connectivity index (χ2n) is 7.26. The summed E-state index contributed by atoms with van der Waals surface area (Å²) in [5.74, 6) is -0.116. The smallest absolute Gasteiger partial charge is 0.267 e. The molecule has 0 saturated carbocycles. The van der Waals surface area contributed by atoms with Crippen molar-refractivity contribution in [2.24, 2.45) is 0 Å². The highest BCUT2D eigenvalue weighted by Crippen LogP contribution is 2.31. The summed E-state index contributed by atoms with van der Waals surface area (Å²) in [7, 11) is 0. The number of benzene rings is 1. The number of hydrogen-bond acceptors (Lipinski definition) is 7. The number of anilines is 1. The first-order chi connectivity index (χ1) is 14.7. The zero-order chi connectivity index (χ0) is 20.1. The fourth-order valence-corrected chi connectivity index (χ4v) is 6.54. The van der Waals surface area contributed by atoms with E-state index >= 15 is 0 Å². The maximum absolute atomic E-state index is 12.8. The number of thiazole rings is 2. The largest absolute Gasteiger partial charge is 0.297 e. The lowest BCUT2D eigenvalue weighted by Gasteiger charge is -2.25. The maximum Gasteiger partial charge on any atom is 0.267 e. The number of carbonyl (C=O) groups is 1. The summed E-state index contributed by atoms with van der Waals surface area (Å²) in [5.41, 5.74) is 3.42. The van der Waals surface area contributed by atoms with Crippen molar-refractivity contribution in [2.45, 2.75) is 19.5 Å². The predicted octanol–water partition coefficient (Wildman–Crippen LogP) is 4.88. The summed E-state index contributed by atoms with van der Waals surface area (Å²) in [5, 5.41) is 5.68. The molecule has 0 spiro atoms. The number of carbonyl (C=O) groups excluding carboxylic acids is 1. The molecule has 9 heteroatoms. The molecule has 1 aromatic carbocycles. The highest BCUT2D eigenvalue weighted by atomic mass is 32.1. The number of thiophene rings is 1. The van der Waals surface area contributed by atoms with Gasteiger partial charge in [-0.05, 0) is 11.6 Å². The Kier molecular flexibility index (Phi) is 4.41. The van der Waals surface area contributed by atoms with Crippen molar-refractivity contribution in [3.05, 3.63) is 69.0 Å². The normalized spacial score (nSPS) is 14.4. The fourth-order valence-electron chi connectivity index (χ4n) is 3.80. The Hall–Kier alpha value is -2.59. The molecule has 0 fully saturated rings. The minimum atomic E-state index is -0.116. The summed E-state index contributed by atoms with van der Waals surface area (Å²) < 4.78 is 2.02. The quantitative estimate of drug-likeness (QED) is 0.423. The van der Waals surface area contributed by atoms with E-state index in [0.717, 1.165) is 47.1 Å². The minimum Gasteiger partial charge on any atom is -0.297 e. The molecule has 1 aliphatic heterocycles. The summed E-state index contributed by atoms with van der Waals surface area (Å²) in [6.45, 7) is 2.80. The van der Waals surface area contributed by atoms with E-state index in [0.29, 0.717) is 10.0 Å². The Morgan fingerprint density at radius 2 is 2.07 bits per heavy atom. The standard InChI is InChI=1S/C21H17N5OS3/c27-18(16-10-15-19(29-16)24-21-26(15)8-9-28-21)23-20-22-14-6-7-25(12-17(14)30-20)11-13-4-2-1-3-5-13/h1-5,8-10H,6-7,11-12H2,(H,22,23,27). The highest BCUT2D eigenvalue weighted by molar-refractivity contribution is 7.21. The number of hydrogen-bond donors (Lipinski definition) is 1. The van der Waals surface area contributed by atoms with Crippen LogP contribution in [0.25, 0.3) is 15.3 Å². The fraction of sp³-hybridized carbons (Fsp3) is 0.190. The topological polar surface area (TPSA) is 62.5 Å². The molecule has 30 heavy (non-hydrogen) atoms. The van der Waals surface area contributed by atoms with Crippen LogP contribution in [0.15, 0.2) is 48.0 Å². The Bertz CT molecular complexity index is 1360. The first-order valence-corrected chi connectivity index (χ1v) is 12.2. The Labute approximate surface area is 184 Å². The van der Waals surface area contributed by atoms with Crippen molar-refractivity contribution < 1.29 is 4.79 Å². The van der Waals surface area contributed by atoms with Crippen LogP contribution in [0, 0.1) is 0 Å². The third-order valence-corrected chi connectivity index (χ3v) is 8.01. The van der Waals surface area contributed by atoms with E-state index in [1.165, 1.54) is 21.8 Å². The lowest BCUT2D eigenvalue weighted by atomic mass is 10.1. The lowest BCUT2D eigenvalue weighted by Crippen LogP contribution is -2.29. The van der Waals surface area contributed by atoms with E-state index in [-0.39, 0.29) is 5.91 Å². The number of nitrogens with one attached hydrogen (secondary N) is 1. The van der Waals surface area contributed by atoms with Gasteiger partial charge in [-0.1, -0.05) is 30.3 Å². The van der Waals surface area contributed by atoms with Crippen molar-refractivity contribution in [3.63, 3.8) is 0 Å². The van der Waals surface area contributed by atoms with Crippen LogP contribution >= 0.6 is 34.0 Å². The van der Waals surface area contributed by atoms with Crippen LogP contribution in [0.1, 0.15) is 25.8 Å². The monoisotopic (exact) mass is 451 g/mol. The Morgan fingerprint density at radius 3 is 2.97 bits per heavy atom. The van der Waals surface area contributed by atoms with Gasteiger partial charge < -0.3 is 0 Å². The summed E-state index contributed by atoms with van der Waals surface area (Å²) >= 11 is 4.60. The zero-order valence-corrected chi connectivity index (χ0v) is 18.3. The van der Waals surface area contributed by atoms with Gasteiger partial charge in [0.05, 0.1) is 16.1 Å². The molecule has 4 aromatic heterocycles. The van der Waals surface area contributed by atoms with Crippen molar-refractivity contribution in [2.75, 3.05) is 11.9 Å². The SMILES string of the molecule is O=C(Nc1nc2c(s1)CN(Cc1ccccc1)CC2)c1cc2c(nc3sccn32)s1. The van der Waals surface area contributed by atoms with Crippen molar-refractivity contribution >= 4 is 60.4 Å². The number of nitrogens with zero attached hydrogens (tertiary/aromatic N) is 4. The third-order valence-electron chi connectivity index (χ3n) is 5.24. The van der Waals surface area contributed by atoms with Gasteiger partial charge in [0, 0.05) is 42.5 Å². The molecule has 6 rings (SSSR count). The van der Waals surface area contributed by atoms with E-state index in [1.807, 2.05) is 28.1 Å². The first kappa shape index (κ1) is 18.2. The van der Waals surface area contributed by atoms with Crippen molar-refractivity contribution in [1.82, 2.24) is 19.3 Å². The van der Waals surface area contributed by atoms with E-state index in [4.69, 9.17) is 0 Å². The second kappa shape index (κ2) is 7.28. The molecular weight excluding hydrogens is 434 g/mol. The van der Waals surface area contributed by atoms with Crippen LogP contribution in [0.2, 0.25) is 0 Å². The molecule has 1 amide bonds. The van der Waals surface area contributed by atoms with E-state index in [1.54, 1.807) is 22.7 Å². The molecule has 0 bridgehead atoms. The van der Waals surface area contributed by atoms with Gasteiger partial charge in [0.2, 0.25) is 0 Å². The van der Waals surface area contributed by atoms with Crippen LogP contribution in [0.3, 0.4) is 0 Å². The number of aromatic nitrogens is 3. The number of amides is 1. The lowest BCUT2D eigenvalue weighted by molar-refractivity contribution is 0.103. The van der Waals surface area contributed by atoms with Gasteiger partial charge in [-0.15, -0.1) is 34.0 Å². The van der Waals surface area contributed by atoms with Gasteiger partial charge in [-0.25, -0.2) is 9.97 Å². The first-order valence-electron chi connectivity index (χ1n) is 9.64. The third kappa shape index (κ3) is 3.24. The molecular formula is C21H17N5OS3. The average Bonchev–Trinajstić information content (AvgIpc) is 3.49. The minimum absolute atomic E-state index is 0.116. The van der Waals surface area contributed by atoms with Crippen molar-refractivity contribution in [1.29, 1.82) is 0 Å². The predicted molar refractivity (Wildman–Crippen MR) is 123 cm³/mol. The molecule has 0 atom stereocenters. The molecule has 0 unspecified atom stereocenters. The molecule has 0 radical (unpaired) electrons. The molecule has 1 N–H and O–H groups in total. The Morgan fingerprint density at radius 1 is 1.17 bits per heavy atom. The van der Waals surface area contributed by atoms with Crippen LogP contribution in [-0.2, 0) is 19.5 Å². The maximum atomic E-state index is 12.8. The summed E-state index contributed by atoms with van der Waals surface area (Å²) in [4.78, 5) is 28.2. The molecule has 0 saturated heterocycles. The van der Waals surface area contributed by atoms with Crippen LogP contribution < -0.4 is 5.32 Å². The van der Waals surface area contributed by atoms with Gasteiger partial charge in [-0.2, -0.15) is 0 Å². The van der Waals surface area contributed by atoms with E-state index in [9.17, 15) is 4.79 Å².